The molecule has 1 nitrogen and oxygen atoms in total. The summed E-state index contributed by atoms with van der Waals surface area (Å²) in [6.07, 6.45) is 11.9. The van der Waals surface area contributed by atoms with E-state index in [1.165, 1.54) is 0 Å². The number of allylic oxidation sites excluding steroid dienone is 4. The van der Waals surface area contributed by atoms with E-state index in [1.54, 1.807) is 0 Å². The summed E-state index contributed by atoms with van der Waals surface area (Å²) in [7, 11) is 0. The Hall–Kier alpha value is -0.820. The third-order valence-electron chi connectivity index (χ3n) is 1.54. The van der Waals surface area contributed by atoms with Crippen LogP contribution in [0, 0.1) is 0 Å². The highest BCUT2D eigenvalue weighted by molar-refractivity contribution is 5.03. The van der Waals surface area contributed by atoms with Gasteiger partial charge in [0, 0.05) is 0 Å². The molecule has 12 heavy (non-hydrogen) atoms. The predicted octanol–water partition coefficient (Wildman–Crippen LogP) is 2.84. The van der Waals surface area contributed by atoms with E-state index in [0.29, 0.717) is 0 Å². The number of hydrogen-bond acceptors (Lipinski definition) is 1. The Bertz CT molecular complexity index is 156. The molecule has 0 aromatic heterocycles. The fourth-order valence-electron chi connectivity index (χ4n) is 0.871. The van der Waals surface area contributed by atoms with Crippen LogP contribution in [-0.2, 0) is 0 Å². The lowest BCUT2D eigenvalue weighted by atomic mass is 10.1. The molecule has 0 spiro atoms. The molecule has 1 heteroatoms. The fraction of sp³-hybridized carbons (Fsp3) is 0.455. The highest BCUT2D eigenvalue weighted by Crippen LogP contribution is 2.02. The molecule has 0 saturated heterocycles. The topological polar surface area (TPSA) is 20.2 Å². The van der Waals surface area contributed by atoms with Crippen LogP contribution in [0.5, 0.6) is 0 Å². The van der Waals surface area contributed by atoms with Crippen molar-refractivity contribution in [2.24, 2.45) is 0 Å². The van der Waals surface area contributed by atoms with Crippen molar-refractivity contribution < 1.29 is 5.11 Å². The van der Waals surface area contributed by atoms with E-state index in [1.807, 2.05) is 37.3 Å². The average Bonchev–Trinajstić information content (AvgIpc) is 2.06. The van der Waals surface area contributed by atoms with Gasteiger partial charge in [-0.25, -0.2) is 0 Å². The number of unbranched alkanes of at least 4 members (excludes halogenated alkanes) is 1. The van der Waals surface area contributed by atoms with Gasteiger partial charge in [-0.15, -0.1) is 6.58 Å². The van der Waals surface area contributed by atoms with Gasteiger partial charge in [-0.3, -0.25) is 0 Å². The summed E-state index contributed by atoms with van der Waals surface area (Å²) in [4.78, 5) is 0. The molecule has 0 aliphatic rings. The van der Waals surface area contributed by atoms with Gasteiger partial charge in [0.2, 0.25) is 0 Å². The lowest BCUT2D eigenvalue weighted by Crippen LogP contribution is -2.00. The van der Waals surface area contributed by atoms with Crippen LogP contribution in [-0.4, -0.2) is 11.2 Å². The molecule has 0 radical (unpaired) electrons. The SMILES string of the molecule is C=CCCC[C@H](O)/C=C/C=C/C. The minimum absolute atomic E-state index is 0.304. The van der Waals surface area contributed by atoms with Crippen molar-refractivity contribution in [3.63, 3.8) is 0 Å². The summed E-state index contributed by atoms with van der Waals surface area (Å²) in [5.41, 5.74) is 0. The molecule has 0 aliphatic heterocycles. The zero-order valence-electron chi connectivity index (χ0n) is 7.74. The molecule has 0 aliphatic carbocycles. The van der Waals surface area contributed by atoms with Crippen molar-refractivity contribution in [3.05, 3.63) is 37.0 Å². The number of aliphatic hydroxyl groups is 1. The monoisotopic (exact) mass is 166 g/mol. The molecule has 0 bridgehead atoms. The number of rotatable bonds is 6. The van der Waals surface area contributed by atoms with Gasteiger partial charge in [-0.05, 0) is 26.2 Å². The number of hydrogen-bond donors (Lipinski definition) is 1. The molecule has 0 fully saturated rings. The van der Waals surface area contributed by atoms with Gasteiger partial charge in [0.15, 0.2) is 0 Å². The first-order valence-corrected chi connectivity index (χ1v) is 4.39. The summed E-state index contributed by atoms with van der Waals surface area (Å²) < 4.78 is 0. The summed E-state index contributed by atoms with van der Waals surface area (Å²) in [6, 6.07) is 0. The van der Waals surface area contributed by atoms with Crippen LogP contribution >= 0.6 is 0 Å². The molecule has 0 amide bonds. The standard InChI is InChI=1S/C11H18O/c1-3-5-7-9-11(12)10-8-6-4-2/h3-4,6,8,10-12H,1,5,7,9H2,2H3/b6-4+,10-8+/t11-/m0/s1. The van der Waals surface area contributed by atoms with Crippen molar-refractivity contribution in [3.8, 4) is 0 Å². The van der Waals surface area contributed by atoms with Gasteiger partial charge in [0.1, 0.15) is 0 Å². The highest BCUT2D eigenvalue weighted by Gasteiger charge is 1.95. The molecule has 68 valence electrons. The number of aliphatic hydroxyl groups excluding tert-OH is 1. The molecular formula is C11H18O. The summed E-state index contributed by atoms with van der Waals surface area (Å²) in [6.45, 7) is 5.57. The van der Waals surface area contributed by atoms with Gasteiger partial charge in [-0.1, -0.05) is 30.4 Å². The summed E-state index contributed by atoms with van der Waals surface area (Å²) in [5.74, 6) is 0. The second-order valence-electron chi connectivity index (χ2n) is 2.70. The van der Waals surface area contributed by atoms with Crippen molar-refractivity contribution in [2.75, 3.05) is 0 Å². The molecule has 1 N–H and O–H groups in total. The van der Waals surface area contributed by atoms with Crippen LogP contribution < -0.4 is 0 Å². The van der Waals surface area contributed by atoms with E-state index in [2.05, 4.69) is 6.58 Å². The van der Waals surface area contributed by atoms with Crippen LogP contribution in [0.3, 0.4) is 0 Å². The quantitative estimate of drug-likeness (QED) is 0.365. The third-order valence-corrected chi connectivity index (χ3v) is 1.54. The maximum Gasteiger partial charge on any atom is 0.0724 e. The highest BCUT2D eigenvalue weighted by atomic mass is 16.3. The predicted molar refractivity (Wildman–Crippen MR) is 54.0 cm³/mol. The molecule has 0 aromatic rings. The summed E-state index contributed by atoms with van der Waals surface area (Å²) >= 11 is 0. The third kappa shape index (κ3) is 7.29. The van der Waals surface area contributed by atoms with Crippen LogP contribution in [0.4, 0.5) is 0 Å². The van der Waals surface area contributed by atoms with E-state index >= 15 is 0 Å². The first-order valence-electron chi connectivity index (χ1n) is 4.39. The normalized spacial score (nSPS) is 14.2. The molecule has 0 unspecified atom stereocenters. The Morgan fingerprint density at radius 2 is 2.17 bits per heavy atom. The van der Waals surface area contributed by atoms with Gasteiger partial charge in [-0.2, -0.15) is 0 Å². The largest absolute Gasteiger partial charge is 0.389 e. The summed E-state index contributed by atoms with van der Waals surface area (Å²) in [5, 5.41) is 9.35. The molecule has 0 aromatic carbocycles. The van der Waals surface area contributed by atoms with E-state index in [4.69, 9.17) is 0 Å². The smallest absolute Gasteiger partial charge is 0.0724 e. The van der Waals surface area contributed by atoms with Crippen LogP contribution in [0.2, 0.25) is 0 Å². The average molecular weight is 166 g/mol. The van der Waals surface area contributed by atoms with Gasteiger partial charge >= 0.3 is 0 Å². The van der Waals surface area contributed by atoms with Crippen molar-refractivity contribution in [1.82, 2.24) is 0 Å². The first kappa shape index (κ1) is 11.2. The first-order chi connectivity index (χ1) is 5.81. The van der Waals surface area contributed by atoms with E-state index in [9.17, 15) is 5.11 Å². The second-order valence-corrected chi connectivity index (χ2v) is 2.70. The Kier molecular flexibility index (Phi) is 7.71. The Morgan fingerprint density at radius 1 is 1.42 bits per heavy atom. The van der Waals surface area contributed by atoms with E-state index in [-0.39, 0.29) is 6.10 Å². The van der Waals surface area contributed by atoms with Crippen LogP contribution in [0.25, 0.3) is 0 Å². The molecule has 0 heterocycles. The van der Waals surface area contributed by atoms with Crippen LogP contribution in [0.15, 0.2) is 37.0 Å². The Morgan fingerprint density at radius 3 is 2.75 bits per heavy atom. The molecular weight excluding hydrogens is 148 g/mol. The minimum Gasteiger partial charge on any atom is -0.389 e. The molecule has 0 rings (SSSR count). The lowest BCUT2D eigenvalue weighted by Gasteiger charge is -2.01. The minimum atomic E-state index is -0.304. The maximum atomic E-state index is 9.35. The molecule has 0 saturated carbocycles. The van der Waals surface area contributed by atoms with Gasteiger partial charge in [0.25, 0.3) is 0 Å². The fourth-order valence-corrected chi connectivity index (χ4v) is 0.871. The maximum absolute atomic E-state index is 9.35. The van der Waals surface area contributed by atoms with Crippen molar-refractivity contribution in [1.29, 1.82) is 0 Å². The molecule has 1 atom stereocenters. The zero-order chi connectivity index (χ0) is 9.23. The van der Waals surface area contributed by atoms with Gasteiger partial charge < -0.3 is 5.11 Å². The Labute approximate surface area is 75.1 Å². The second kappa shape index (κ2) is 8.28. The zero-order valence-corrected chi connectivity index (χ0v) is 7.74. The van der Waals surface area contributed by atoms with Crippen molar-refractivity contribution in [2.45, 2.75) is 32.3 Å². The van der Waals surface area contributed by atoms with E-state index in [0.717, 1.165) is 19.3 Å². The van der Waals surface area contributed by atoms with Crippen molar-refractivity contribution >= 4 is 0 Å². The lowest BCUT2D eigenvalue weighted by molar-refractivity contribution is 0.210. The van der Waals surface area contributed by atoms with Gasteiger partial charge in [0.05, 0.1) is 6.10 Å². The van der Waals surface area contributed by atoms with Crippen LogP contribution in [0.1, 0.15) is 26.2 Å². The van der Waals surface area contributed by atoms with E-state index < -0.39 is 0 Å². The Balaban J connectivity index is 3.44.